The van der Waals surface area contributed by atoms with Crippen LogP contribution in [0.3, 0.4) is 0 Å². The number of primary amides is 1. The van der Waals surface area contributed by atoms with Crippen LogP contribution < -0.4 is 5.73 Å². The van der Waals surface area contributed by atoms with Crippen molar-refractivity contribution < 1.29 is 28.2 Å². The summed E-state index contributed by atoms with van der Waals surface area (Å²) in [5, 5.41) is 0. The SMILES string of the molecule is C[N+](C)(C)CC(OP(=O)(O)O)C(N)=O. The third kappa shape index (κ3) is 6.99. The maximum atomic E-state index is 10.8. The number of nitrogens with zero attached hydrogens (tertiary/aromatic N) is 1. The van der Waals surface area contributed by atoms with Crippen LogP contribution in [-0.2, 0) is 13.9 Å². The molecule has 0 aliphatic heterocycles. The summed E-state index contributed by atoms with van der Waals surface area (Å²) in [6, 6.07) is 0. The molecule has 0 aromatic carbocycles. The molecule has 8 heteroatoms. The fraction of sp³-hybridized carbons (Fsp3) is 0.833. The van der Waals surface area contributed by atoms with Crippen molar-refractivity contribution in [2.45, 2.75) is 6.10 Å². The molecule has 0 spiro atoms. The molecule has 0 aliphatic carbocycles. The number of hydrogen-bond donors (Lipinski definition) is 3. The first-order chi connectivity index (χ1) is 6.01. The van der Waals surface area contributed by atoms with Gasteiger partial charge in [-0.2, -0.15) is 0 Å². The minimum absolute atomic E-state index is 0.0977. The zero-order chi connectivity index (χ0) is 11.6. The third-order valence-electron chi connectivity index (χ3n) is 1.30. The van der Waals surface area contributed by atoms with E-state index in [9.17, 15) is 9.36 Å². The second-order valence-electron chi connectivity index (χ2n) is 3.96. The Balaban J connectivity index is 4.48. The second-order valence-corrected chi connectivity index (χ2v) is 5.15. The lowest BCUT2D eigenvalue weighted by Gasteiger charge is -2.27. The monoisotopic (exact) mass is 227 g/mol. The van der Waals surface area contributed by atoms with Crippen LogP contribution in [0.15, 0.2) is 0 Å². The van der Waals surface area contributed by atoms with E-state index in [2.05, 4.69) is 4.52 Å². The van der Waals surface area contributed by atoms with E-state index in [0.29, 0.717) is 4.48 Å². The van der Waals surface area contributed by atoms with Crippen LogP contribution in [0.4, 0.5) is 0 Å². The molecule has 1 unspecified atom stereocenters. The molecule has 0 saturated carbocycles. The van der Waals surface area contributed by atoms with E-state index >= 15 is 0 Å². The van der Waals surface area contributed by atoms with Crippen molar-refractivity contribution in [3.05, 3.63) is 0 Å². The van der Waals surface area contributed by atoms with Crippen LogP contribution in [0.25, 0.3) is 0 Å². The first kappa shape index (κ1) is 13.5. The average molecular weight is 227 g/mol. The van der Waals surface area contributed by atoms with Crippen LogP contribution in [-0.4, -0.2) is 54.0 Å². The molecule has 4 N–H and O–H groups in total. The zero-order valence-corrected chi connectivity index (χ0v) is 9.27. The summed E-state index contributed by atoms with van der Waals surface area (Å²) in [4.78, 5) is 27.8. The van der Waals surface area contributed by atoms with Crippen LogP contribution in [0, 0.1) is 0 Å². The lowest BCUT2D eigenvalue weighted by Crippen LogP contribution is -2.47. The van der Waals surface area contributed by atoms with E-state index in [4.69, 9.17) is 15.5 Å². The quantitative estimate of drug-likeness (QED) is 0.397. The van der Waals surface area contributed by atoms with Gasteiger partial charge in [0, 0.05) is 0 Å². The van der Waals surface area contributed by atoms with Crippen LogP contribution >= 0.6 is 7.82 Å². The van der Waals surface area contributed by atoms with Crippen molar-refractivity contribution in [2.75, 3.05) is 27.7 Å². The van der Waals surface area contributed by atoms with Gasteiger partial charge in [-0.25, -0.2) is 4.57 Å². The largest absolute Gasteiger partial charge is 0.470 e. The van der Waals surface area contributed by atoms with E-state index in [0.717, 1.165) is 0 Å². The van der Waals surface area contributed by atoms with E-state index in [1.807, 2.05) is 0 Å². The maximum Gasteiger partial charge on any atom is 0.470 e. The molecule has 1 atom stereocenters. The number of phosphoric acid groups is 1. The number of rotatable bonds is 5. The van der Waals surface area contributed by atoms with Gasteiger partial charge in [-0.1, -0.05) is 0 Å². The van der Waals surface area contributed by atoms with Gasteiger partial charge in [0.05, 0.1) is 21.1 Å². The first-order valence-electron chi connectivity index (χ1n) is 3.85. The average Bonchev–Trinajstić information content (AvgIpc) is 1.78. The molecule has 0 bridgehead atoms. The fourth-order valence-electron chi connectivity index (χ4n) is 0.838. The molecule has 0 radical (unpaired) electrons. The smallest absolute Gasteiger partial charge is 0.367 e. The molecule has 0 rings (SSSR count). The van der Waals surface area contributed by atoms with Gasteiger partial charge in [-0.05, 0) is 0 Å². The van der Waals surface area contributed by atoms with E-state index in [-0.39, 0.29) is 6.54 Å². The van der Waals surface area contributed by atoms with Crippen molar-refractivity contribution in [2.24, 2.45) is 5.73 Å². The van der Waals surface area contributed by atoms with Crippen molar-refractivity contribution in [3.8, 4) is 0 Å². The number of amides is 1. The highest BCUT2D eigenvalue weighted by atomic mass is 31.2. The normalized spacial score (nSPS) is 15.2. The van der Waals surface area contributed by atoms with Gasteiger partial charge in [0.1, 0.15) is 6.54 Å². The van der Waals surface area contributed by atoms with Crippen LogP contribution in [0.5, 0.6) is 0 Å². The van der Waals surface area contributed by atoms with Crippen LogP contribution in [0.2, 0.25) is 0 Å². The summed E-state index contributed by atoms with van der Waals surface area (Å²) in [7, 11) is 0.574. The van der Waals surface area contributed by atoms with E-state index in [1.165, 1.54) is 0 Å². The van der Waals surface area contributed by atoms with Gasteiger partial charge in [-0.3, -0.25) is 9.32 Å². The van der Waals surface area contributed by atoms with E-state index in [1.54, 1.807) is 21.1 Å². The molecule has 0 saturated heterocycles. The van der Waals surface area contributed by atoms with Crippen molar-refractivity contribution in [1.82, 2.24) is 0 Å². The van der Waals surface area contributed by atoms with Gasteiger partial charge in [0.25, 0.3) is 5.91 Å². The Morgan fingerprint density at radius 2 is 1.93 bits per heavy atom. The zero-order valence-electron chi connectivity index (χ0n) is 8.38. The lowest BCUT2D eigenvalue weighted by atomic mass is 10.3. The van der Waals surface area contributed by atoms with Gasteiger partial charge >= 0.3 is 7.82 Å². The second kappa shape index (κ2) is 4.37. The summed E-state index contributed by atoms with van der Waals surface area (Å²) in [6.45, 7) is 0.0977. The lowest BCUT2D eigenvalue weighted by molar-refractivity contribution is -0.872. The molecular formula is C6H16N2O5P+. The van der Waals surface area contributed by atoms with Gasteiger partial charge in [0.15, 0.2) is 6.10 Å². The summed E-state index contributed by atoms with van der Waals surface area (Å²) in [5.41, 5.74) is 4.93. The van der Waals surface area contributed by atoms with Crippen molar-refractivity contribution in [3.63, 3.8) is 0 Å². The fourth-order valence-corrected chi connectivity index (χ4v) is 1.34. The minimum Gasteiger partial charge on any atom is -0.367 e. The Kier molecular flexibility index (Phi) is 4.23. The Labute approximate surface area is 82.3 Å². The summed E-state index contributed by atoms with van der Waals surface area (Å²) in [5.74, 6) is -0.888. The molecule has 0 aromatic heterocycles. The molecule has 0 aromatic rings. The Morgan fingerprint density at radius 3 is 2.14 bits per heavy atom. The van der Waals surface area contributed by atoms with Gasteiger partial charge in [-0.15, -0.1) is 0 Å². The minimum atomic E-state index is -4.67. The van der Waals surface area contributed by atoms with Crippen molar-refractivity contribution in [1.29, 1.82) is 0 Å². The number of hydrogen-bond acceptors (Lipinski definition) is 3. The molecule has 14 heavy (non-hydrogen) atoms. The molecular weight excluding hydrogens is 211 g/mol. The van der Waals surface area contributed by atoms with Crippen LogP contribution in [0.1, 0.15) is 0 Å². The summed E-state index contributed by atoms with van der Waals surface area (Å²) in [6.07, 6.45) is -1.28. The number of carbonyl (C=O) groups excluding carboxylic acids is 1. The summed E-state index contributed by atoms with van der Waals surface area (Å²) >= 11 is 0. The topological polar surface area (TPSA) is 110 Å². The number of quaternary nitrogens is 1. The number of likely N-dealkylation sites (N-methyl/N-ethyl adjacent to an activating group) is 1. The molecule has 1 amide bonds. The molecule has 84 valence electrons. The van der Waals surface area contributed by atoms with E-state index < -0.39 is 19.8 Å². The highest BCUT2D eigenvalue weighted by molar-refractivity contribution is 7.46. The molecule has 7 nitrogen and oxygen atoms in total. The highest BCUT2D eigenvalue weighted by Crippen LogP contribution is 2.37. The Hall–Kier alpha value is -0.460. The highest BCUT2D eigenvalue weighted by Gasteiger charge is 2.31. The number of carbonyl (C=O) groups is 1. The van der Waals surface area contributed by atoms with Gasteiger partial charge < -0.3 is 20.0 Å². The predicted molar refractivity (Wildman–Crippen MR) is 49.0 cm³/mol. The number of phosphoric ester groups is 1. The molecule has 0 aliphatic rings. The van der Waals surface area contributed by atoms with Crippen molar-refractivity contribution >= 4 is 13.7 Å². The Bertz CT molecular complexity index is 255. The maximum absolute atomic E-state index is 10.8. The predicted octanol–water partition coefficient (Wildman–Crippen LogP) is -1.34. The summed E-state index contributed by atoms with van der Waals surface area (Å²) < 4.78 is 15.1. The third-order valence-corrected chi connectivity index (χ3v) is 1.82. The molecule has 0 fully saturated rings. The molecule has 0 heterocycles. The number of nitrogens with two attached hydrogens (primary N) is 1. The standard InChI is InChI=1S/C6H15N2O5P/c1-8(2,3)4-5(6(7)9)13-14(10,11)12/h5H,4H2,1-3H3,(H3-,7,9,10,11,12)/p+1. The van der Waals surface area contributed by atoms with Gasteiger partial charge in [0.2, 0.25) is 0 Å². The first-order valence-corrected chi connectivity index (χ1v) is 5.38. The Morgan fingerprint density at radius 1 is 1.50 bits per heavy atom.